The van der Waals surface area contributed by atoms with E-state index in [0.29, 0.717) is 10.2 Å². The van der Waals surface area contributed by atoms with Crippen molar-refractivity contribution in [2.75, 3.05) is 6.61 Å². The first kappa shape index (κ1) is 13.8. The minimum Gasteiger partial charge on any atom is -0.451 e. The number of esters is 1. The molecule has 0 spiro atoms. The van der Waals surface area contributed by atoms with Gasteiger partial charge in [0.15, 0.2) is 17.1 Å². The molecule has 4 nitrogen and oxygen atoms in total. The Balaban J connectivity index is 1.92. The summed E-state index contributed by atoms with van der Waals surface area (Å²) in [5.74, 6) is -0.755. The van der Waals surface area contributed by atoms with Gasteiger partial charge in [0.25, 0.3) is 0 Å². The fourth-order valence-corrected chi connectivity index (χ4v) is 2.14. The number of allylic oxidation sites excluding steroid dienone is 3. The number of Topliss-reactive ketones (excluding diaryl/α,β-unsaturated/α-hetero) is 1. The van der Waals surface area contributed by atoms with E-state index >= 15 is 0 Å². The molecule has 0 bridgehead atoms. The molecular weight excluding hydrogens is 312 g/mol. The quantitative estimate of drug-likeness (QED) is 0.796. The van der Waals surface area contributed by atoms with Crippen molar-refractivity contribution in [3.8, 4) is 0 Å². The fourth-order valence-electron chi connectivity index (χ4n) is 1.84. The molecular formula is C14H13BrO4. The minimum atomic E-state index is -0.642. The number of hydrogen-bond donors (Lipinski definition) is 0. The Hall–Kier alpha value is -1.62. The third-order valence-electron chi connectivity index (χ3n) is 2.80. The topological polar surface area (TPSA) is 56.5 Å². The average molecular weight is 325 g/mol. The maximum Gasteiger partial charge on any atom is 0.374 e. The molecule has 0 atom stereocenters. The van der Waals surface area contributed by atoms with E-state index in [4.69, 9.17) is 9.15 Å². The van der Waals surface area contributed by atoms with Crippen LogP contribution < -0.4 is 0 Å². The number of carbonyl (C=O) groups is 2. The van der Waals surface area contributed by atoms with Crippen molar-refractivity contribution in [2.45, 2.75) is 19.8 Å². The Morgan fingerprint density at radius 1 is 1.32 bits per heavy atom. The summed E-state index contributed by atoms with van der Waals surface area (Å²) in [7, 11) is 0. The van der Waals surface area contributed by atoms with Crippen molar-refractivity contribution < 1.29 is 18.7 Å². The van der Waals surface area contributed by atoms with E-state index in [-0.39, 0.29) is 18.2 Å². The van der Waals surface area contributed by atoms with Crippen molar-refractivity contribution >= 4 is 27.7 Å². The van der Waals surface area contributed by atoms with Gasteiger partial charge in [-0.05, 0) is 53.4 Å². The predicted octanol–water partition coefficient (Wildman–Crippen LogP) is 3.43. The molecule has 5 heteroatoms. The first-order valence-corrected chi connectivity index (χ1v) is 6.70. The van der Waals surface area contributed by atoms with Crippen molar-refractivity contribution in [3.63, 3.8) is 0 Å². The van der Waals surface area contributed by atoms with Crippen LogP contribution in [0.3, 0.4) is 0 Å². The van der Waals surface area contributed by atoms with Crippen LogP contribution >= 0.6 is 15.9 Å². The molecule has 0 fully saturated rings. The van der Waals surface area contributed by atoms with Gasteiger partial charge in [0.1, 0.15) is 0 Å². The number of halogens is 1. The second kappa shape index (κ2) is 6.02. The summed E-state index contributed by atoms with van der Waals surface area (Å²) >= 11 is 3.09. The molecule has 0 saturated carbocycles. The van der Waals surface area contributed by atoms with Gasteiger partial charge < -0.3 is 9.15 Å². The molecule has 0 amide bonds. The summed E-state index contributed by atoms with van der Waals surface area (Å²) in [4.78, 5) is 23.5. The zero-order chi connectivity index (χ0) is 13.8. The highest BCUT2D eigenvalue weighted by atomic mass is 79.9. The smallest absolute Gasteiger partial charge is 0.374 e. The molecule has 0 aliphatic heterocycles. The van der Waals surface area contributed by atoms with E-state index in [1.165, 1.54) is 6.07 Å². The highest BCUT2D eigenvalue weighted by Crippen LogP contribution is 2.19. The Morgan fingerprint density at radius 2 is 2.05 bits per heavy atom. The lowest BCUT2D eigenvalue weighted by Gasteiger charge is -2.11. The van der Waals surface area contributed by atoms with Gasteiger partial charge in [-0.15, -0.1) is 0 Å². The lowest BCUT2D eigenvalue weighted by atomic mass is 9.96. The normalized spacial score (nSPS) is 14.6. The zero-order valence-corrected chi connectivity index (χ0v) is 12.0. The van der Waals surface area contributed by atoms with E-state index in [2.05, 4.69) is 15.9 Å². The SMILES string of the molecule is CC1=CCCC=C1C(=O)COC(=O)c1ccc(Br)o1. The molecule has 0 saturated heterocycles. The number of carbonyl (C=O) groups excluding carboxylic acids is 2. The molecule has 1 aromatic rings. The summed E-state index contributed by atoms with van der Waals surface area (Å²) < 4.78 is 10.4. The van der Waals surface area contributed by atoms with Gasteiger partial charge in [0.2, 0.25) is 5.76 Å². The van der Waals surface area contributed by atoms with Crippen LogP contribution in [-0.2, 0) is 9.53 Å². The summed E-state index contributed by atoms with van der Waals surface area (Å²) in [5.41, 5.74) is 1.58. The third-order valence-corrected chi connectivity index (χ3v) is 3.23. The Labute approximate surface area is 119 Å². The Morgan fingerprint density at radius 3 is 2.68 bits per heavy atom. The predicted molar refractivity (Wildman–Crippen MR) is 72.8 cm³/mol. The van der Waals surface area contributed by atoms with Gasteiger partial charge in [0.05, 0.1) is 0 Å². The Bertz CT molecular complexity index is 566. The third kappa shape index (κ3) is 3.44. The molecule has 0 aromatic carbocycles. The number of ether oxygens (including phenoxy) is 1. The van der Waals surface area contributed by atoms with Crippen LogP contribution in [0.2, 0.25) is 0 Å². The van der Waals surface area contributed by atoms with E-state index < -0.39 is 5.97 Å². The molecule has 1 aromatic heterocycles. The van der Waals surface area contributed by atoms with Gasteiger partial charge in [-0.1, -0.05) is 12.2 Å². The van der Waals surface area contributed by atoms with Crippen molar-refractivity contribution in [1.29, 1.82) is 0 Å². The molecule has 1 heterocycles. The number of hydrogen-bond acceptors (Lipinski definition) is 4. The second-order valence-corrected chi connectivity index (χ2v) is 4.97. The van der Waals surface area contributed by atoms with Gasteiger partial charge in [0, 0.05) is 5.57 Å². The molecule has 100 valence electrons. The summed E-state index contributed by atoms with van der Waals surface area (Å²) in [6.07, 6.45) is 5.69. The van der Waals surface area contributed by atoms with Crippen LogP contribution in [0.25, 0.3) is 0 Å². The molecule has 2 rings (SSSR count). The Kier molecular flexibility index (Phi) is 4.37. The van der Waals surface area contributed by atoms with Gasteiger partial charge in [-0.2, -0.15) is 0 Å². The largest absolute Gasteiger partial charge is 0.451 e. The number of furan rings is 1. The van der Waals surface area contributed by atoms with E-state index in [1.54, 1.807) is 6.07 Å². The van der Waals surface area contributed by atoms with Crippen LogP contribution in [0.15, 0.2) is 44.5 Å². The van der Waals surface area contributed by atoms with Gasteiger partial charge in [-0.25, -0.2) is 4.79 Å². The standard InChI is InChI=1S/C14H13BrO4/c1-9-4-2-3-5-10(9)11(16)8-18-14(17)12-6-7-13(15)19-12/h4-7H,2-3,8H2,1H3. The second-order valence-electron chi connectivity index (χ2n) is 4.19. The van der Waals surface area contributed by atoms with Gasteiger partial charge >= 0.3 is 5.97 Å². The molecule has 1 aliphatic carbocycles. The molecule has 0 unspecified atom stereocenters. The monoisotopic (exact) mass is 324 g/mol. The van der Waals surface area contributed by atoms with Crippen LogP contribution in [0, 0.1) is 0 Å². The van der Waals surface area contributed by atoms with Gasteiger partial charge in [-0.3, -0.25) is 4.79 Å². The van der Waals surface area contributed by atoms with E-state index in [0.717, 1.165) is 18.4 Å². The maximum absolute atomic E-state index is 11.9. The first-order valence-electron chi connectivity index (χ1n) is 5.91. The highest BCUT2D eigenvalue weighted by Gasteiger charge is 2.18. The molecule has 19 heavy (non-hydrogen) atoms. The van der Waals surface area contributed by atoms with E-state index in [9.17, 15) is 9.59 Å². The molecule has 1 aliphatic rings. The fraction of sp³-hybridized carbons (Fsp3) is 0.286. The maximum atomic E-state index is 11.9. The molecule has 0 radical (unpaired) electrons. The van der Waals surface area contributed by atoms with Crippen molar-refractivity contribution in [3.05, 3.63) is 45.9 Å². The lowest BCUT2D eigenvalue weighted by molar-refractivity contribution is -0.118. The number of ketones is 1. The van der Waals surface area contributed by atoms with Crippen LogP contribution in [0.4, 0.5) is 0 Å². The average Bonchev–Trinajstić information content (AvgIpc) is 2.83. The summed E-state index contributed by atoms with van der Waals surface area (Å²) in [5, 5.41) is 0. The molecule has 0 N–H and O–H groups in total. The minimum absolute atomic E-state index is 0.0737. The van der Waals surface area contributed by atoms with Crippen molar-refractivity contribution in [1.82, 2.24) is 0 Å². The van der Waals surface area contributed by atoms with Crippen LogP contribution in [0.5, 0.6) is 0 Å². The summed E-state index contributed by atoms with van der Waals surface area (Å²) in [6, 6.07) is 3.08. The zero-order valence-electron chi connectivity index (χ0n) is 10.4. The number of rotatable bonds is 4. The van der Waals surface area contributed by atoms with Crippen LogP contribution in [0.1, 0.15) is 30.3 Å². The summed E-state index contributed by atoms with van der Waals surface area (Å²) in [6.45, 7) is 1.61. The van der Waals surface area contributed by atoms with Crippen molar-refractivity contribution in [2.24, 2.45) is 0 Å². The highest BCUT2D eigenvalue weighted by molar-refractivity contribution is 9.10. The first-order chi connectivity index (χ1) is 9.08. The lowest BCUT2D eigenvalue weighted by Crippen LogP contribution is -2.16. The van der Waals surface area contributed by atoms with Crippen LogP contribution in [-0.4, -0.2) is 18.4 Å². The van der Waals surface area contributed by atoms with E-state index in [1.807, 2.05) is 19.1 Å².